The van der Waals surface area contributed by atoms with E-state index < -0.39 is 5.95 Å². The molecular formula is C7H5FN2O. The number of aromatic nitrogens is 1. The highest BCUT2D eigenvalue weighted by atomic mass is 19.1. The third-order valence-electron chi connectivity index (χ3n) is 1.12. The number of nitriles is 1. The fraction of sp³-hybridized carbons (Fsp3) is 0.143. The van der Waals surface area contributed by atoms with Crippen molar-refractivity contribution in [3.8, 4) is 11.8 Å². The SMILES string of the molecule is COc1cc(F)nc(C#N)c1. The summed E-state index contributed by atoms with van der Waals surface area (Å²) in [6.45, 7) is 0. The number of ether oxygens (including phenoxy) is 1. The summed E-state index contributed by atoms with van der Waals surface area (Å²) in [5.41, 5.74) is 0.0156. The van der Waals surface area contributed by atoms with Crippen LogP contribution in [0.2, 0.25) is 0 Å². The summed E-state index contributed by atoms with van der Waals surface area (Å²) in [4.78, 5) is 3.29. The van der Waals surface area contributed by atoms with Crippen LogP contribution in [-0.2, 0) is 0 Å². The molecule has 1 rings (SSSR count). The topological polar surface area (TPSA) is 45.9 Å². The van der Waals surface area contributed by atoms with Gasteiger partial charge in [0.1, 0.15) is 17.5 Å². The second kappa shape index (κ2) is 2.97. The van der Waals surface area contributed by atoms with E-state index in [1.807, 2.05) is 0 Å². The quantitative estimate of drug-likeness (QED) is 0.566. The lowest BCUT2D eigenvalue weighted by molar-refractivity contribution is 0.408. The van der Waals surface area contributed by atoms with Crippen LogP contribution >= 0.6 is 0 Å². The number of halogens is 1. The van der Waals surface area contributed by atoms with Crippen LogP contribution in [0.1, 0.15) is 5.69 Å². The van der Waals surface area contributed by atoms with Crippen LogP contribution in [0, 0.1) is 17.3 Å². The lowest BCUT2D eigenvalue weighted by atomic mass is 10.3. The zero-order valence-electron chi connectivity index (χ0n) is 5.84. The van der Waals surface area contributed by atoms with Gasteiger partial charge in [-0.15, -0.1) is 0 Å². The second-order valence-electron chi connectivity index (χ2n) is 1.83. The molecule has 0 spiro atoms. The summed E-state index contributed by atoms with van der Waals surface area (Å²) in [6.07, 6.45) is 0. The molecule has 1 heterocycles. The van der Waals surface area contributed by atoms with Crippen molar-refractivity contribution in [1.82, 2.24) is 4.98 Å². The zero-order chi connectivity index (χ0) is 8.27. The summed E-state index contributed by atoms with van der Waals surface area (Å²) >= 11 is 0. The maximum Gasteiger partial charge on any atom is 0.217 e. The maximum atomic E-state index is 12.5. The maximum absolute atomic E-state index is 12.5. The highest BCUT2D eigenvalue weighted by molar-refractivity contribution is 5.30. The third-order valence-corrected chi connectivity index (χ3v) is 1.12. The molecular weight excluding hydrogens is 147 g/mol. The molecule has 4 heteroatoms. The van der Waals surface area contributed by atoms with Crippen molar-refractivity contribution < 1.29 is 9.13 Å². The molecule has 0 saturated heterocycles. The molecule has 0 aromatic carbocycles. The molecule has 0 atom stereocenters. The van der Waals surface area contributed by atoms with Crippen LogP contribution in [0.5, 0.6) is 5.75 Å². The lowest BCUT2D eigenvalue weighted by Crippen LogP contribution is -1.90. The van der Waals surface area contributed by atoms with Gasteiger partial charge < -0.3 is 4.74 Å². The molecule has 1 aromatic rings. The molecule has 0 unspecified atom stereocenters. The van der Waals surface area contributed by atoms with E-state index in [4.69, 9.17) is 10.00 Å². The summed E-state index contributed by atoms with van der Waals surface area (Å²) < 4.78 is 17.2. The average Bonchev–Trinajstić information content (AvgIpc) is 2.03. The molecule has 0 N–H and O–H groups in total. The molecule has 0 aliphatic heterocycles. The largest absolute Gasteiger partial charge is 0.496 e. The standard InChI is InChI=1S/C7H5FN2O/c1-11-6-2-5(4-9)10-7(8)3-6/h2-3H,1H3. The fourth-order valence-electron chi connectivity index (χ4n) is 0.649. The van der Waals surface area contributed by atoms with E-state index in [2.05, 4.69) is 4.98 Å². The molecule has 56 valence electrons. The molecule has 0 bridgehead atoms. The Bertz CT molecular complexity index is 306. The Balaban J connectivity index is 3.15. The Labute approximate surface area is 63.1 Å². The molecule has 0 amide bonds. The number of nitrogens with zero attached hydrogens (tertiary/aromatic N) is 2. The normalized spacial score (nSPS) is 8.82. The average molecular weight is 152 g/mol. The number of methoxy groups -OCH3 is 1. The van der Waals surface area contributed by atoms with Gasteiger partial charge in [-0.25, -0.2) is 4.98 Å². The van der Waals surface area contributed by atoms with Crippen molar-refractivity contribution in [3.63, 3.8) is 0 Å². The van der Waals surface area contributed by atoms with Gasteiger partial charge in [0.2, 0.25) is 5.95 Å². The van der Waals surface area contributed by atoms with Crippen LogP contribution in [0.4, 0.5) is 4.39 Å². The first-order chi connectivity index (χ1) is 5.26. The first-order valence-electron chi connectivity index (χ1n) is 2.88. The van der Waals surface area contributed by atoms with Crippen LogP contribution in [0.3, 0.4) is 0 Å². The number of hydrogen-bond acceptors (Lipinski definition) is 3. The lowest BCUT2D eigenvalue weighted by Gasteiger charge is -1.97. The van der Waals surface area contributed by atoms with Gasteiger partial charge >= 0.3 is 0 Å². The molecule has 0 aliphatic carbocycles. The van der Waals surface area contributed by atoms with Gasteiger partial charge in [-0.1, -0.05) is 0 Å². The number of hydrogen-bond donors (Lipinski definition) is 0. The van der Waals surface area contributed by atoms with Crippen LogP contribution < -0.4 is 4.74 Å². The van der Waals surface area contributed by atoms with Gasteiger partial charge in [0.15, 0.2) is 0 Å². The summed E-state index contributed by atoms with van der Waals surface area (Å²) in [5, 5.41) is 8.35. The smallest absolute Gasteiger partial charge is 0.217 e. The van der Waals surface area contributed by atoms with Crippen LogP contribution in [0.25, 0.3) is 0 Å². The van der Waals surface area contributed by atoms with Crippen molar-refractivity contribution in [2.24, 2.45) is 0 Å². The summed E-state index contributed by atoms with van der Waals surface area (Å²) in [5.74, 6) is -0.407. The minimum absolute atomic E-state index is 0.0156. The Hall–Kier alpha value is -1.63. The molecule has 3 nitrogen and oxygen atoms in total. The summed E-state index contributed by atoms with van der Waals surface area (Å²) in [6, 6.07) is 4.19. The van der Waals surface area contributed by atoms with Gasteiger partial charge in [-0.3, -0.25) is 0 Å². The van der Waals surface area contributed by atoms with Crippen molar-refractivity contribution in [1.29, 1.82) is 5.26 Å². The van der Waals surface area contributed by atoms with E-state index >= 15 is 0 Å². The van der Waals surface area contributed by atoms with E-state index in [0.29, 0.717) is 5.75 Å². The van der Waals surface area contributed by atoms with Gasteiger partial charge in [0.25, 0.3) is 0 Å². The predicted octanol–water partition coefficient (Wildman–Crippen LogP) is 1.10. The number of pyridine rings is 1. The van der Waals surface area contributed by atoms with Crippen LogP contribution in [-0.4, -0.2) is 12.1 Å². The zero-order valence-corrected chi connectivity index (χ0v) is 5.84. The molecule has 0 radical (unpaired) electrons. The first-order valence-corrected chi connectivity index (χ1v) is 2.88. The highest BCUT2D eigenvalue weighted by Gasteiger charge is 2.00. The van der Waals surface area contributed by atoms with E-state index in [-0.39, 0.29) is 5.69 Å². The van der Waals surface area contributed by atoms with Crippen molar-refractivity contribution in [2.75, 3.05) is 7.11 Å². The van der Waals surface area contributed by atoms with E-state index in [0.717, 1.165) is 6.07 Å². The Morgan fingerprint density at radius 2 is 2.36 bits per heavy atom. The fourth-order valence-corrected chi connectivity index (χ4v) is 0.649. The summed E-state index contributed by atoms with van der Waals surface area (Å²) in [7, 11) is 1.40. The molecule has 1 aromatic heterocycles. The monoisotopic (exact) mass is 152 g/mol. The minimum atomic E-state index is -0.708. The second-order valence-corrected chi connectivity index (χ2v) is 1.83. The van der Waals surface area contributed by atoms with Gasteiger partial charge in [-0.2, -0.15) is 9.65 Å². The van der Waals surface area contributed by atoms with Crippen molar-refractivity contribution in [2.45, 2.75) is 0 Å². The molecule has 11 heavy (non-hydrogen) atoms. The Morgan fingerprint density at radius 3 is 2.91 bits per heavy atom. The predicted molar refractivity (Wildman–Crippen MR) is 35.5 cm³/mol. The van der Waals surface area contributed by atoms with E-state index in [1.54, 1.807) is 6.07 Å². The van der Waals surface area contributed by atoms with Crippen LogP contribution in [0.15, 0.2) is 12.1 Å². The molecule has 0 fully saturated rings. The number of rotatable bonds is 1. The molecule has 0 saturated carbocycles. The van der Waals surface area contributed by atoms with Crippen molar-refractivity contribution in [3.05, 3.63) is 23.8 Å². The van der Waals surface area contributed by atoms with E-state index in [1.165, 1.54) is 13.2 Å². The Kier molecular flexibility index (Phi) is 2.02. The third kappa shape index (κ3) is 1.64. The van der Waals surface area contributed by atoms with Gasteiger partial charge in [0, 0.05) is 12.1 Å². The highest BCUT2D eigenvalue weighted by Crippen LogP contribution is 2.11. The first kappa shape index (κ1) is 7.48. The minimum Gasteiger partial charge on any atom is -0.496 e. The van der Waals surface area contributed by atoms with Crippen molar-refractivity contribution >= 4 is 0 Å². The van der Waals surface area contributed by atoms with E-state index in [9.17, 15) is 4.39 Å². The molecule has 0 aliphatic rings. The van der Waals surface area contributed by atoms with Gasteiger partial charge in [0.05, 0.1) is 7.11 Å². The van der Waals surface area contributed by atoms with Gasteiger partial charge in [-0.05, 0) is 0 Å². The Morgan fingerprint density at radius 1 is 1.64 bits per heavy atom.